The van der Waals surface area contributed by atoms with Crippen LogP contribution in [0.3, 0.4) is 0 Å². The van der Waals surface area contributed by atoms with Crippen molar-refractivity contribution in [2.75, 3.05) is 22.6 Å². The number of para-hydroxylation sites is 1. The first-order valence-electron chi connectivity index (χ1n) is 5.34. The second kappa shape index (κ2) is 5.91. The highest BCUT2D eigenvalue weighted by Crippen LogP contribution is 2.23. The lowest BCUT2D eigenvalue weighted by molar-refractivity contribution is 0.911. The Morgan fingerprint density at radius 2 is 2.20 bits per heavy atom. The van der Waals surface area contributed by atoms with E-state index in [-0.39, 0.29) is 0 Å². The zero-order valence-corrected chi connectivity index (χ0v) is 10.5. The van der Waals surface area contributed by atoms with Crippen molar-refractivity contribution in [3.63, 3.8) is 0 Å². The number of anilines is 2. The van der Waals surface area contributed by atoms with Crippen LogP contribution in [0.25, 0.3) is 0 Å². The predicted octanol–water partition coefficient (Wildman–Crippen LogP) is 3.13. The largest absolute Gasteiger partial charge is 0.397 e. The lowest BCUT2D eigenvalue weighted by Crippen LogP contribution is -2.19. The third kappa shape index (κ3) is 3.67. The van der Waals surface area contributed by atoms with Crippen molar-refractivity contribution in [2.45, 2.75) is 26.8 Å². The average Bonchev–Trinajstić information content (AvgIpc) is 2.21. The summed E-state index contributed by atoms with van der Waals surface area (Å²) in [5, 5.41) is 3.47. The summed E-state index contributed by atoms with van der Waals surface area (Å²) in [6, 6.07) is 6.47. The third-order valence-corrected chi connectivity index (χ3v) is 3.41. The van der Waals surface area contributed by atoms with Gasteiger partial charge in [0.25, 0.3) is 0 Å². The molecule has 1 unspecified atom stereocenters. The number of rotatable bonds is 5. The van der Waals surface area contributed by atoms with Crippen LogP contribution in [0.15, 0.2) is 18.2 Å². The van der Waals surface area contributed by atoms with Crippen molar-refractivity contribution < 1.29 is 0 Å². The van der Waals surface area contributed by atoms with Crippen molar-refractivity contribution in [1.29, 1.82) is 0 Å². The average molecular weight is 224 g/mol. The number of nitrogens with one attached hydrogen (secondary N) is 1. The van der Waals surface area contributed by atoms with Gasteiger partial charge in [-0.3, -0.25) is 0 Å². The van der Waals surface area contributed by atoms with Gasteiger partial charge in [-0.15, -0.1) is 0 Å². The lowest BCUT2D eigenvalue weighted by Gasteiger charge is -2.18. The molecule has 0 aliphatic heterocycles. The molecule has 0 spiro atoms. The van der Waals surface area contributed by atoms with Crippen LogP contribution >= 0.6 is 11.8 Å². The van der Waals surface area contributed by atoms with Crippen molar-refractivity contribution in [3.05, 3.63) is 23.8 Å². The fourth-order valence-electron chi connectivity index (χ4n) is 1.47. The number of nitrogen functional groups attached to an aromatic ring is 1. The highest BCUT2D eigenvalue weighted by molar-refractivity contribution is 7.99. The summed E-state index contributed by atoms with van der Waals surface area (Å²) >= 11 is 1.94. The van der Waals surface area contributed by atoms with Gasteiger partial charge in [-0.25, -0.2) is 0 Å². The monoisotopic (exact) mass is 224 g/mol. The molecular weight excluding hydrogens is 204 g/mol. The van der Waals surface area contributed by atoms with Gasteiger partial charge in [0.15, 0.2) is 0 Å². The molecule has 0 bridgehead atoms. The van der Waals surface area contributed by atoms with Crippen LogP contribution < -0.4 is 11.1 Å². The van der Waals surface area contributed by atoms with E-state index in [0.29, 0.717) is 6.04 Å². The molecule has 0 saturated heterocycles. The van der Waals surface area contributed by atoms with Gasteiger partial charge >= 0.3 is 0 Å². The summed E-state index contributed by atoms with van der Waals surface area (Å²) in [5.41, 5.74) is 9.06. The summed E-state index contributed by atoms with van der Waals surface area (Å²) in [4.78, 5) is 0. The number of nitrogens with two attached hydrogens (primary N) is 1. The molecule has 0 fully saturated rings. The summed E-state index contributed by atoms with van der Waals surface area (Å²) < 4.78 is 0. The summed E-state index contributed by atoms with van der Waals surface area (Å²) in [6.45, 7) is 6.45. The smallest absolute Gasteiger partial charge is 0.0605 e. The Labute approximate surface area is 96.6 Å². The van der Waals surface area contributed by atoms with E-state index in [1.807, 2.05) is 23.9 Å². The summed E-state index contributed by atoms with van der Waals surface area (Å²) in [7, 11) is 0. The highest BCUT2D eigenvalue weighted by atomic mass is 32.2. The predicted molar refractivity (Wildman–Crippen MR) is 71.7 cm³/mol. The third-order valence-electron chi connectivity index (χ3n) is 2.27. The molecular formula is C12H20N2S. The van der Waals surface area contributed by atoms with Gasteiger partial charge in [-0.2, -0.15) is 11.8 Å². The minimum atomic E-state index is 0.457. The van der Waals surface area contributed by atoms with Crippen LogP contribution in [0.5, 0.6) is 0 Å². The molecule has 1 atom stereocenters. The quantitative estimate of drug-likeness (QED) is 0.755. The molecule has 0 radical (unpaired) electrons. The molecule has 0 heterocycles. The molecule has 3 N–H and O–H groups in total. The van der Waals surface area contributed by atoms with E-state index in [2.05, 4.69) is 32.2 Å². The second-order valence-electron chi connectivity index (χ2n) is 3.74. The van der Waals surface area contributed by atoms with E-state index >= 15 is 0 Å². The zero-order valence-electron chi connectivity index (χ0n) is 9.71. The van der Waals surface area contributed by atoms with E-state index in [1.165, 1.54) is 5.56 Å². The molecule has 0 saturated carbocycles. The van der Waals surface area contributed by atoms with E-state index < -0.39 is 0 Å². The summed E-state index contributed by atoms with van der Waals surface area (Å²) in [5.74, 6) is 2.28. The minimum absolute atomic E-state index is 0.457. The van der Waals surface area contributed by atoms with Crippen LogP contribution in [0.2, 0.25) is 0 Å². The van der Waals surface area contributed by atoms with E-state index in [1.54, 1.807) is 0 Å². The molecule has 1 aromatic rings. The van der Waals surface area contributed by atoms with Crippen LogP contribution in [0.4, 0.5) is 11.4 Å². The summed E-state index contributed by atoms with van der Waals surface area (Å²) in [6.07, 6.45) is 0. The van der Waals surface area contributed by atoms with Gasteiger partial charge in [0, 0.05) is 11.8 Å². The molecule has 0 aliphatic rings. The number of hydrogen-bond acceptors (Lipinski definition) is 3. The fraction of sp³-hybridized carbons (Fsp3) is 0.500. The molecule has 1 aromatic carbocycles. The molecule has 1 rings (SSSR count). The number of benzene rings is 1. The molecule has 0 aromatic heterocycles. The Kier molecular flexibility index (Phi) is 4.82. The molecule has 2 nitrogen and oxygen atoms in total. The Balaban J connectivity index is 2.63. The molecule has 0 amide bonds. The van der Waals surface area contributed by atoms with Gasteiger partial charge in [0.1, 0.15) is 0 Å². The number of hydrogen-bond donors (Lipinski definition) is 2. The topological polar surface area (TPSA) is 38.0 Å². The van der Waals surface area contributed by atoms with E-state index in [0.717, 1.165) is 22.9 Å². The normalized spacial score (nSPS) is 12.5. The van der Waals surface area contributed by atoms with Crippen LogP contribution in [0, 0.1) is 6.92 Å². The molecule has 15 heavy (non-hydrogen) atoms. The number of aryl methyl sites for hydroxylation is 1. The standard InChI is InChI=1S/C12H20N2S/c1-4-15-8-10(3)14-12-9(2)6-5-7-11(12)13/h5-7,10,14H,4,8,13H2,1-3H3. The van der Waals surface area contributed by atoms with Crippen molar-refractivity contribution in [3.8, 4) is 0 Å². The van der Waals surface area contributed by atoms with Crippen LogP contribution in [0.1, 0.15) is 19.4 Å². The maximum Gasteiger partial charge on any atom is 0.0605 e. The van der Waals surface area contributed by atoms with Gasteiger partial charge in [0.2, 0.25) is 0 Å². The molecule has 3 heteroatoms. The molecule has 0 aliphatic carbocycles. The Morgan fingerprint density at radius 3 is 2.80 bits per heavy atom. The van der Waals surface area contributed by atoms with Gasteiger partial charge in [0.05, 0.1) is 11.4 Å². The number of thioether (sulfide) groups is 1. The lowest BCUT2D eigenvalue weighted by atomic mass is 10.1. The van der Waals surface area contributed by atoms with Crippen molar-refractivity contribution >= 4 is 23.1 Å². The zero-order chi connectivity index (χ0) is 11.3. The van der Waals surface area contributed by atoms with Crippen molar-refractivity contribution in [1.82, 2.24) is 0 Å². The second-order valence-corrected chi connectivity index (χ2v) is 5.06. The maximum atomic E-state index is 5.93. The minimum Gasteiger partial charge on any atom is -0.397 e. The molecule has 84 valence electrons. The van der Waals surface area contributed by atoms with Crippen LogP contribution in [-0.2, 0) is 0 Å². The first kappa shape index (κ1) is 12.2. The van der Waals surface area contributed by atoms with Crippen molar-refractivity contribution in [2.24, 2.45) is 0 Å². The Hall–Kier alpha value is -0.830. The van der Waals surface area contributed by atoms with Gasteiger partial charge in [-0.1, -0.05) is 19.1 Å². The Morgan fingerprint density at radius 1 is 1.47 bits per heavy atom. The van der Waals surface area contributed by atoms with Gasteiger partial charge < -0.3 is 11.1 Å². The highest BCUT2D eigenvalue weighted by Gasteiger charge is 2.06. The van der Waals surface area contributed by atoms with E-state index in [4.69, 9.17) is 5.73 Å². The van der Waals surface area contributed by atoms with Gasteiger partial charge in [-0.05, 0) is 31.2 Å². The fourth-order valence-corrected chi connectivity index (χ4v) is 2.14. The van der Waals surface area contributed by atoms with E-state index in [9.17, 15) is 0 Å². The SMILES string of the molecule is CCSCC(C)Nc1c(C)cccc1N. The first-order valence-corrected chi connectivity index (χ1v) is 6.50. The first-order chi connectivity index (χ1) is 7.15. The van der Waals surface area contributed by atoms with Crippen LogP contribution in [-0.4, -0.2) is 17.5 Å². The maximum absolute atomic E-state index is 5.93. The Bertz CT molecular complexity index is 292.